The first-order valence-electron chi connectivity index (χ1n) is 9.74. The van der Waals surface area contributed by atoms with Gasteiger partial charge in [0.05, 0.1) is 4.90 Å². The van der Waals surface area contributed by atoms with Gasteiger partial charge in [-0.15, -0.1) is 0 Å². The molecule has 1 N–H and O–H groups in total. The van der Waals surface area contributed by atoms with Gasteiger partial charge in [0.15, 0.2) is 15.6 Å². The fourth-order valence-electron chi connectivity index (χ4n) is 3.32. The van der Waals surface area contributed by atoms with E-state index in [9.17, 15) is 17.6 Å². The molecule has 2 aromatic carbocycles. The number of amides is 1. The number of hydrogen-bond donors (Lipinski definition) is 1. The van der Waals surface area contributed by atoms with Gasteiger partial charge in [-0.1, -0.05) is 36.4 Å². The molecule has 1 atom stereocenters. The molecule has 0 radical (unpaired) electrons. The van der Waals surface area contributed by atoms with Crippen molar-refractivity contribution in [2.45, 2.75) is 16.7 Å². The zero-order valence-electron chi connectivity index (χ0n) is 17.1. The van der Waals surface area contributed by atoms with Gasteiger partial charge in [0.1, 0.15) is 29.2 Å². The van der Waals surface area contributed by atoms with Crippen LogP contribution in [0.5, 0.6) is 0 Å². The summed E-state index contributed by atoms with van der Waals surface area (Å²) in [6.45, 7) is 0. The topological polar surface area (TPSA) is 94.2 Å². The van der Waals surface area contributed by atoms with Crippen molar-refractivity contribution < 1.29 is 22.0 Å². The first kappa shape index (κ1) is 21.5. The van der Waals surface area contributed by atoms with Gasteiger partial charge in [0, 0.05) is 25.0 Å². The summed E-state index contributed by atoms with van der Waals surface area (Å²) in [5.74, 6) is -1.03. The number of carbonyl (C=O) groups is 1. The van der Waals surface area contributed by atoms with Gasteiger partial charge >= 0.3 is 0 Å². The molecule has 2 heterocycles. The fourth-order valence-corrected chi connectivity index (χ4v) is 4.59. The Morgan fingerprint density at radius 1 is 1.09 bits per heavy atom. The van der Waals surface area contributed by atoms with Crippen molar-refractivity contribution in [2.75, 3.05) is 0 Å². The average Bonchev–Trinajstić information content (AvgIpc) is 3.42. The first-order chi connectivity index (χ1) is 15.3. The minimum absolute atomic E-state index is 0.0844. The second kappa shape index (κ2) is 8.80. The van der Waals surface area contributed by atoms with Crippen LogP contribution in [-0.4, -0.2) is 23.9 Å². The van der Waals surface area contributed by atoms with E-state index in [1.54, 1.807) is 60.4 Å². The second-order valence-corrected chi connectivity index (χ2v) is 9.15. The van der Waals surface area contributed by atoms with E-state index in [-0.39, 0.29) is 27.7 Å². The first-order valence-corrected chi connectivity index (χ1v) is 11.4. The van der Waals surface area contributed by atoms with E-state index < -0.39 is 27.6 Å². The summed E-state index contributed by atoms with van der Waals surface area (Å²) in [7, 11) is -1.89. The minimum atomic E-state index is -3.63. The van der Waals surface area contributed by atoms with Crippen LogP contribution in [0.1, 0.15) is 33.7 Å². The van der Waals surface area contributed by atoms with Crippen LogP contribution in [0.25, 0.3) is 0 Å². The van der Waals surface area contributed by atoms with Crippen LogP contribution in [0.4, 0.5) is 4.39 Å². The van der Waals surface area contributed by atoms with E-state index >= 15 is 0 Å². The van der Waals surface area contributed by atoms with E-state index in [0.717, 1.165) is 0 Å². The van der Waals surface area contributed by atoms with Crippen molar-refractivity contribution >= 4 is 15.7 Å². The Kier molecular flexibility index (Phi) is 5.91. The Morgan fingerprint density at radius 3 is 2.50 bits per heavy atom. The number of rotatable bonds is 7. The number of halogens is 1. The Bertz CT molecular complexity index is 1350. The number of aromatic nitrogens is 2. The molecule has 0 spiro atoms. The Balaban J connectivity index is 1.57. The molecular formula is C23H20FN3O4S. The highest BCUT2D eigenvalue weighted by atomic mass is 32.2. The molecular weight excluding hydrogens is 433 g/mol. The van der Waals surface area contributed by atoms with E-state index in [1.807, 2.05) is 0 Å². The second-order valence-electron chi connectivity index (χ2n) is 7.16. The molecule has 32 heavy (non-hydrogen) atoms. The van der Waals surface area contributed by atoms with E-state index in [0.29, 0.717) is 5.82 Å². The number of hydrogen-bond acceptors (Lipinski definition) is 5. The SMILES string of the molecule is Cn1ccnc1C(NC(=O)c1ccc(CS(=O)(=O)c2ccccc2)o1)c1ccccc1F. The monoisotopic (exact) mass is 453 g/mol. The number of nitrogens with one attached hydrogen (secondary N) is 1. The van der Waals surface area contributed by atoms with Gasteiger partial charge in [-0.3, -0.25) is 4.79 Å². The molecule has 7 nitrogen and oxygen atoms in total. The van der Waals surface area contributed by atoms with Crippen LogP contribution in [0.15, 0.2) is 88.4 Å². The number of aryl methyl sites for hydroxylation is 1. The van der Waals surface area contributed by atoms with Crippen LogP contribution in [0.3, 0.4) is 0 Å². The minimum Gasteiger partial charge on any atom is -0.455 e. The van der Waals surface area contributed by atoms with Gasteiger partial charge in [-0.05, 0) is 30.3 Å². The molecule has 2 aromatic heterocycles. The van der Waals surface area contributed by atoms with Gasteiger partial charge in [0.2, 0.25) is 0 Å². The Hall–Kier alpha value is -3.72. The van der Waals surface area contributed by atoms with Gasteiger partial charge < -0.3 is 14.3 Å². The summed E-state index contributed by atoms with van der Waals surface area (Å²) < 4.78 is 46.8. The van der Waals surface area contributed by atoms with Crippen molar-refractivity contribution in [3.05, 3.63) is 108 Å². The van der Waals surface area contributed by atoms with Crippen molar-refractivity contribution in [1.82, 2.24) is 14.9 Å². The highest BCUT2D eigenvalue weighted by molar-refractivity contribution is 7.90. The van der Waals surface area contributed by atoms with E-state index in [2.05, 4.69) is 10.3 Å². The molecule has 4 aromatic rings. The molecule has 0 bridgehead atoms. The van der Waals surface area contributed by atoms with Gasteiger partial charge in [0.25, 0.3) is 5.91 Å². The van der Waals surface area contributed by atoms with Gasteiger partial charge in [-0.2, -0.15) is 0 Å². The lowest BCUT2D eigenvalue weighted by Gasteiger charge is -2.19. The highest BCUT2D eigenvalue weighted by Crippen LogP contribution is 2.24. The number of imidazole rings is 1. The third-order valence-corrected chi connectivity index (χ3v) is 6.58. The molecule has 1 unspecified atom stereocenters. The summed E-state index contributed by atoms with van der Waals surface area (Å²) in [4.78, 5) is 17.3. The highest BCUT2D eigenvalue weighted by Gasteiger charge is 2.26. The quantitative estimate of drug-likeness (QED) is 0.461. The largest absolute Gasteiger partial charge is 0.455 e. The van der Waals surface area contributed by atoms with E-state index in [1.165, 1.54) is 30.3 Å². The van der Waals surface area contributed by atoms with Crippen LogP contribution >= 0.6 is 0 Å². The Morgan fingerprint density at radius 2 is 1.81 bits per heavy atom. The van der Waals surface area contributed by atoms with Crippen LogP contribution < -0.4 is 5.32 Å². The lowest BCUT2D eigenvalue weighted by molar-refractivity contribution is 0.0911. The molecule has 0 fully saturated rings. The third-order valence-electron chi connectivity index (χ3n) is 4.93. The maximum absolute atomic E-state index is 14.5. The van der Waals surface area contributed by atoms with Crippen LogP contribution in [0.2, 0.25) is 0 Å². The third kappa shape index (κ3) is 4.47. The molecule has 0 saturated heterocycles. The maximum Gasteiger partial charge on any atom is 0.287 e. The average molecular weight is 453 g/mol. The van der Waals surface area contributed by atoms with Crippen LogP contribution in [0, 0.1) is 5.82 Å². The summed E-state index contributed by atoms with van der Waals surface area (Å²) >= 11 is 0. The van der Waals surface area contributed by atoms with Crippen molar-refractivity contribution in [3.63, 3.8) is 0 Å². The molecule has 0 saturated carbocycles. The fraction of sp³-hybridized carbons (Fsp3) is 0.130. The van der Waals surface area contributed by atoms with Crippen molar-refractivity contribution in [2.24, 2.45) is 7.05 Å². The molecule has 9 heteroatoms. The number of nitrogens with zero attached hydrogens (tertiary/aromatic N) is 2. The van der Waals surface area contributed by atoms with Crippen molar-refractivity contribution in [1.29, 1.82) is 0 Å². The molecule has 0 aliphatic heterocycles. The number of furan rings is 1. The standard InChI is InChI=1S/C23H20FN3O4S/c1-27-14-13-25-22(27)21(18-9-5-6-10-19(18)24)26-23(28)20-12-11-16(31-20)15-32(29,30)17-7-3-2-4-8-17/h2-14,21H,15H2,1H3,(H,26,28). The smallest absolute Gasteiger partial charge is 0.287 e. The molecule has 0 aliphatic rings. The normalized spacial score (nSPS) is 12.4. The molecule has 1 amide bonds. The predicted molar refractivity (Wildman–Crippen MR) is 115 cm³/mol. The summed E-state index contributed by atoms with van der Waals surface area (Å²) in [6.07, 6.45) is 3.24. The van der Waals surface area contributed by atoms with E-state index in [4.69, 9.17) is 4.42 Å². The predicted octanol–water partition coefficient (Wildman–Crippen LogP) is 3.65. The lowest BCUT2D eigenvalue weighted by atomic mass is 10.1. The lowest BCUT2D eigenvalue weighted by Crippen LogP contribution is -2.31. The summed E-state index contributed by atoms with van der Waals surface area (Å²) in [5, 5.41) is 2.74. The zero-order chi connectivity index (χ0) is 22.7. The van der Waals surface area contributed by atoms with Gasteiger partial charge in [-0.25, -0.2) is 17.8 Å². The van der Waals surface area contributed by atoms with Crippen molar-refractivity contribution in [3.8, 4) is 0 Å². The number of benzene rings is 2. The Labute approximate surface area is 184 Å². The van der Waals surface area contributed by atoms with Crippen LogP contribution in [-0.2, 0) is 22.6 Å². The molecule has 4 rings (SSSR count). The molecule has 0 aliphatic carbocycles. The summed E-state index contributed by atoms with van der Waals surface area (Å²) in [5.41, 5.74) is 0.244. The number of carbonyl (C=O) groups excluding carboxylic acids is 1. The molecule has 164 valence electrons. The zero-order valence-corrected chi connectivity index (χ0v) is 17.9. The number of sulfone groups is 1. The maximum atomic E-state index is 14.5. The summed E-state index contributed by atoms with van der Waals surface area (Å²) in [6, 6.07) is 16.0.